The highest BCUT2D eigenvalue weighted by atomic mass is 16.5. The van der Waals surface area contributed by atoms with Crippen LogP contribution in [0.3, 0.4) is 0 Å². The Morgan fingerprint density at radius 1 is 1.33 bits per heavy atom. The number of hydrogen-bond donors (Lipinski definition) is 3. The summed E-state index contributed by atoms with van der Waals surface area (Å²) in [5.41, 5.74) is 7.78. The third kappa shape index (κ3) is 4.14. The standard InChI is InChI=1S/C20H25N3O4/c1-3-27-17-8-7-12(9-18(17)26-2)11-22-15-5-4-6-16-13(15)10-14(19(21)24)20(25)23-16/h7-10,15,22H,3-6,11H2,1-2H3,(H2,21,24)(H,23,25). The first-order valence-electron chi connectivity index (χ1n) is 9.12. The summed E-state index contributed by atoms with van der Waals surface area (Å²) < 4.78 is 10.9. The van der Waals surface area contributed by atoms with Crippen molar-refractivity contribution in [2.75, 3.05) is 13.7 Å². The number of aromatic nitrogens is 1. The van der Waals surface area contributed by atoms with Crippen LogP contribution in [0.25, 0.3) is 0 Å². The van der Waals surface area contributed by atoms with Gasteiger partial charge >= 0.3 is 0 Å². The van der Waals surface area contributed by atoms with E-state index < -0.39 is 11.5 Å². The second kappa shape index (κ2) is 8.26. The van der Waals surface area contributed by atoms with Gasteiger partial charge in [-0.2, -0.15) is 0 Å². The molecule has 0 fully saturated rings. The summed E-state index contributed by atoms with van der Waals surface area (Å²) in [7, 11) is 1.62. The fourth-order valence-electron chi connectivity index (χ4n) is 3.47. The number of H-pyrrole nitrogens is 1. The van der Waals surface area contributed by atoms with Crippen LogP contribution in [-0.2, 0) is 13.0 Å². The van der Waals surface area contributed by atoms with Crippen LogP contribution in [0, 0.1) is 0 Å². The van der Waals surface area contributed by atoms with E-state index in [1.165, 1.54) is 0 Å². The maximum Gasteiger partial charge on any atom is 0.261 e. The Morgan fingerprint density at radius 2 is 2.15 bits per heavy atom. The molecule has 0 spiro atoms. The quantitative estimate of drug-likeness (QED) is 0.691. The Labute approximate surface area is 157 Å². The molecule has 4 N–H and O–H groups in total. The molecule has 7 heteroatoms. The molecule has 0 saturated heterocycles. The summed E-state index contributed by atoms with van der Waals surface area (Å²) in [6, 6.07) is 7.51. The van der Waals surface area contributed by atoms with E-state index in [2.05, 4.69) is 10.3 Å². The van der Waals surface area contributed by atoms with Gasteiger partial charge in [-0.05, 0) is 55.5 Å². The van der Waals surface area contributed by atoms with E-state index in [4.69, 9.17) is 15.2 Å². The Bertz CT molecular complexity index is 891. The molecule has 0 radical (unpaired) electrons. The number of fused-ring (bicyclic) bond motifs is 1. The lowest BCUT2D eigenvalue weighted by atomic mass is 9.90. The van der Waals surface area contributed by atoms with Crippen LogP contribution in [0.5, 0.6) is 11.5 Å². The topological polar surface area (TPSA) is 106 Å². The number of carbonyl (C=O) groups is 1. The van der Waals surface area contributed by atoms with Gasteiger partial charge < -0.3 is 25.5 Å². The SMILES string of the molecule is CCOc1ccc(CNC2CCCc3[nH]c(=O)c(C(N)=O)cc32)cc1OC. The van der Waals surface area contributed by atoms with Crippen LogP contribution in [0.1, 0.15) is 53.0 Å². The number of nitrogens with two attached hydrogens (primary N) is 1. The number of ether oxygens (including phenoxy) is 2. The van der Waals surface area contributed by atoms with Crippen LogP contribution in [-0.4, -0.2) is 24.6 Å². The van der Waals surface area contributed by atoms with E-state index in [1.807, 2.05) is 25.1 Å². The number of aromatic amines is 1. The van der Waals surface area contributed by atoms with Gasteiger partial charge in [0.15, 0.2) is 11.5 Å². The Morgan fingerprint density at radius 3 is 2.85 bits per heavy atom. The Kier molecular flexibility index (Phi) is 5.81. The molecule has 1 atom stereocenters. The van der Waals surface area contributed by atoms with Crippen molar-refractivity contribution in [2.24, 2.45) is 5.73 Å². The van der Waals surface area contributed by atoms with E-state index in [-0.39, 0.29) is 11.6 Å². The van der Waals surface area contributed by atoms with Crippen LogP contribution in [0.15, 0.2) is 29.1 Å². The minimum absolute atomic E-state index is 0.00480. The van der Waals surface area contributed by atoms with Crippen molar-refractivity contribution < 1.29 is 14.3 Å². The molecular weight excluding hydrogens is 346 g/mol. The molecule has 2 aromatic rings. The van der Waals surface area contributed by atoms with Gasteiger partial charge in [-0.1, -0.05) is 6.07 Å². The molecule has 7 nitrogen and oxygen atoms in total. The van der Waals surface area contributed by atoms with E-state index >= 15 is 0 Å². The van der Waals surface area contributed by atoms with Gasteiger partial charge in [0.05, 0.1) is 13.7 Å². The molecular formula is C20H25N3O4. The van der Waals surface area contributed by atoms with Crippen molar-refractivity contribution in [3.63, 3.8) is 0 Å². The maximum atomic E-state index is 12.0. The normalized spacial score (nSPS) is 15.9. The highest BCUT2D eigenvalue weighted by Gasteiger charge is 2.23. The monoisotopic (exact) mass is 371 g/mol. The highest BCUT2D eigenvalue weighted by molar-refractivity contribution is 5.92. The number of rotatable bonds is 7. The van der Waals surface area contributed by atoms with Crippen LogP contribution < -0.4 is 26.1 Å². The third-order valence-electron chi connectivity index (χ3n) is 4.80. The van der Waals surface area contributed by atoms with E-state index in [0.29, 0.717) is 18.9 Å². The number of carbonyl (C=O) groups excluding carboxylic acids is 1. The van der Waals surface area contributed by atoms with Gasteiger partial charge in [-0.15, -0.1) is 0 Å². The molecule has 0 aliphatic heterocycles. The van der Waals surface area contributed by atoms with Crippen molar-refractivity contribution in [2.45, 2.75) is 38.8 Å². The van der Waals surface area contributed by atoms with E-state index in [1.54, 1.807) is 13.2 Å². The summed E-state index contributed by atoms with van der Waals surface area (Å²) in [6.07, 6.45) is 2.67. The lowest BCUT2D eigenvalue weighted by molar-refractivity contribution is 0.0998. The summed E-state index contributed by atoms with van der Waals surface area (Å²) >= 11 is 0. The minimum atomic E-state index is -0.709. The third-order valence-corrected chi connectivity index (χ3v) is 4.80. The number of methoxy groups -OCH3 is 1. The average molecular weight is 371 g/mol. The fraction of sp³-hybridized carbons (Fsp3) is 0.400. The molecule has 1 aromatic carbocycles. The predicted molar refractivity (Wildman–Crippen MR) is 102 cm³/mol. The molecule has 1 aromatic heterocycles. The van der Waals surface area contributed by atoms with Crippen molar-refractivity contribution in [3.8, 4) is 11.5 Å². The average Bonchev–Trinajstić information content (AvgIpc) is 2.66. The van der Waals surface area contributed by atoms with Crippen LogP contribution in [0.4, 0.5) is 0 Å². The van der Waals surface area contributed by atoms with Gasteiger partial charge in [0.2, 0.25) is 0 Å². The maximum absolute atomic E-state index is 12.0. The molecule has 27 heavy (non-hydrogen) atoms. The minimum Gasteiger partial charge on any atom is -0.493 e. The van der Waals surface area contributed by atoms with Crippen LogP contribution in [0.2, 0.25) is 0 Å². The van der Waals surface area contributed by atoms with Crippen molar-refractivity contribution in [1.29, 1.82) is 0 Å². The van der Waals surface area contributed by atoms with E-state index in [9.17, 15) is 9.59 Å². The highest BCUT2D eigenvalue weighted by Crippen LogP contribution is 2.30. The molecule has 1 aliphatic rings. The number of hydrogen-bond acceptors (Lipinski definition) is 5. The summed E-state index contributed by atoms with van der Waals surface area (Å²) in [6.45, 7) is 3.13. The molecule has 0 bridgehead atoms. The lowest BCUT2D eigenvalue weighted by Crippen LogP contribution is -2.31. The predicted octanol–water partition coefficient (Wildman–Crippen LogP) is 2.05. The molecule has 144 valence electrons. The Hall–Kier alpha value is -2.80. The largest absolute Gasteiger partial charge is 0.493 e. The number of nitrogens with one attached hydrogen (secondary N) is 2. The zero-order valence-corrected chi connectivity index (χ0v) is 15.6. The first-order chi connectivity index (χ1) is 13.0. The summed E-state index contributed by atoms with van der Waals surface area (Å²) in [5.74, 6) is 0.704. The molecule has 0 saturated carbocycles. The number of amides is 1. The fourth-order valence-corrected chi connectivity index (χ4v) is 3.47. The molecule has 1 aliphatic carbocycles. The number of aryl methyl sites for hydroxylation is 1. The van der Waals surface area contributed by atoms with Gasteiger partial charge in [-0.25, -0.2) is 0 Å². The van der Waals surface area contributed by atoms with Crippen LogP contribution >= 0.6 is 0 Å². The smallest absolute Gasteiger partial charge is 0.261 e. The number of benzene rings is 1. The molecule has 1 unspecified atom stereocenters. The molecule has 3 rings (SSSR count). The first-order valence-corrected chi connectivity index (χ1v) is 9.12. The summed E-state index contributed by atoms with van der Waals surface area (Å²) in [5, 5.41) is 3.51. The molecule has 1 amide bonds. The van der Waals surface area contributed by atoms with Gasteiger partial charge in [0, 0.05) is 18.3 Å². The van der Waals surface area contributed by atoms with Gasteiger partial charge in [-0.3, -0.25) is 9.59 Å². The van der Waals surface area contributed by atoms with Gasteiger partial charge in [0.25, 0.3) is 11.5 Å². The summed E-state index contributed by atoms with van der Waals surface area (Å²) in [4.78, 5) is 26.3. The molecule has 1 heterocycles. The van der Waals surface area contributed by atoms with Gasteiger partial charge in [0.1, 0.15) is 5.56 Å². The number of pyridine rings is 1. The lowest BCUT2D eigenvalue weighted by Gasteiger charge is -2.26. The van der Waals surface area contributed by atoms with Crippen molar-refractivity contribution in [1.82, 2.24) is 10.3 Å². The number of primary amides is 1. The second-order valence-corrected chi connectivity index (χ2v) is 6.55. The zero-order chi connectivity index (χ0) is 19.4. The van der Waals surface area contributed by atoms with Crippen molar-refractivity contribution in [3.05, 3.63) is 57.0 Å². The second-order valence-electron chi connectivity index (χ2n) is 6.55. The Balaban J connectivity index is 1.79. The van der Waals surface area contributed by atoms with Crippen molar-refractivity contribution >= 4 is 5.91 Å². The van der Waals surface area contributed by atoms with E-state index in [0.717, 1.165) is 41.8 Å². The zero-order valence-electron chi connectivity index (χ0n) is 15.6. The first kappa shape index (κ1) is 19.0.